The molecular formula is C13H21N3O2S. The zero-order chi connectivity index (χ0) is 13.9. The van der Waals surface area contributed by atoms with Crippen LogP contribution in [-0.2, 0) is 22.9 Å². The second-order valence-corrected chi connectivity index (χ2v) is 7.39. The van der Waals surface area contributed by atoms with Gasteiger partial charge in [0.25, 0.3) is 0 Å². The number of hydrogen-bond acceptors (Lipinski definition) is 5. The topological polar surface area (TPSA) is 62.3 Å². The van der Waals surface area contributed by atoms with Gasteiger partial charge in [0.05, 0.1) is 17.2 Å². The first-order valence-electron chi connectivity index (χ1n) is 6.49. The highest BCUT2D eigenvalue weighted by molar-refractivity contribution is 7.91. The van der Waals surface area contributed by atoms with Gasteiger partial charge >= 0.3 is 0 Å². The van der Waals surface area contributed by atoms with Crippen molar-refractivity contribution in [2.45, 2.75) is 25.6 Å². The molecule has 2 rings (SSSR count). The summed E-state index contributed by atoms with van der Waals surface area (Å²) < 4.78 is 22.9. The Hall–Kier alpha value is -0.980. The first kappa shape index (κ1) is 14.4. The van der Waals surface area contributed by atoms with Gasteiger partial charge in [0.2, 0.25) is 0 Å². The number of nitrogens with one attached hydrogen (secondary N) is 1. The third-order valence-electron chi connectivity index (χ3n) is 3.51. The molecule has 0 radical (unpaired) electrons. The van der Waals surface area contributed by atoms with Gasteiger partial charge < -0.3 is 5.32 Å². The minimum Gasteiger partial charge on any atom is -0.316 e. The Labute approximate surface area is 114 Å². The van der Waals surface area contributed by atoms with Crippen molar-refractivity contribution in [3.63, 3.8) is 0 Å². The van der Waals surface area contributed by atoms with Crippen LogP contribution in [0.4, 0.5) is 0 Å². The lowest BCUT2D eigenvalue weighted by Crippen LogP contribution is -2.32. The zero-order valence-corrected chi connectivity index (χ0v) is 12.3. The summed E-state index contributed by atoms with van der Waals surface area (Å²) in [5.74, 6) is 0.595. The van der Waals surface area contributed by atoms with Gasteiger partial charge in [0.15, 0.2) is 9.84 Å². The number of aromatic nitrogens is 1. The van der Waals surface area contributed by atoms with E-state index in [1.54, 1.807) is 0 Å². The predicted molar refractivity (Wildman–Crippen MR) is 75.5 cm³/mol. The fourth-order valence-electron chi connectivity index (χ4n) is 2.36. The van der Waals surface area contributed by atoms with Gasteiger partial charge in [-0.05, 0) is 32.1 Å². The van der Waals surface area contributed by atoms with Crippen molar-refractivity contribution in [2.24, 2.45) is 0 Å². The van der Waals surface area contributed by atoms with Gasteiger partial charge in [0.1, 0.15) is 0 Å². The molecular weight excluding hydrogens is 262 g/mol. The van der Waals surface area contributed by atoms with Gasteiger partial charge in [0, 0.05) is 25.3 Å². The Bertz CT molecular complexity index is 513. The van der Waals surface area contributed by atoms with E-state index in [2.05, 4.69) is 21.3 Å². The third kappa shape index (κ3) is 3.99. The molecule has 1 fully saturated rings. The van der Waals surface area contributed by atoms with Crippen molar-refractivity contribution >= 4 is 9.84 Å². The second-order valence-electron chi connectivity index (χ2n) is 5.16. The van der Waals surface area contributed by atoms with Crippen LogP contribution in [0.25, 0.3) is 0 Å². The Balaban J connectivity index is 1.93. The summed E-state index contributed by atoms with van der Waals surface area (Å²) >= 11 is 0. The Morgan fingerprint density at radius 2 is 2.26 bits per heavy atom. The molecule has 0 aromatic carbocycles. The summed E-state index contributed by atoms with van der Waals surface area (Å²) in [5, 5.41) is 3.08. The van der Waals surface area contributed by atoms with E-state index in [0.29, 0.717) is 12.3 Å². The maximum Gasteiger partial charge on any atom is 0.151 e. The number of sulfone groups is 1. The summed E-state index contributed by atoms with van der Waals surface area (Å²) in [6.07, 6.45) is 2.60. The second kappa shape index (κ2) is 5.98. The number of nitrogens with zero attached hydrogens (tertiary/aromatic N) is 2. The Kier molecular flexibility index (Phi) is 4.54. The Morgan fingerprint density at radius 1 is 1.47 bits per heavy atom. The summed E-state index contributed by atoms with van der Waals surface area (Å²) in [4.78, 5) is 6.50. The van der Waals surface area contributed by atoms with Crippen molar-refractivity contribution in [3.05, 3.63) is 29.6 Å². The van der Waals surface area contributed by atoms with E-state index in [0.717, 1.165) is 24.2 Å². The Morgan fingerprint density at radius 3 is 2.79 bits per heavy atom. The normalized spacial score (nSPS) is 21.9. The minimum atomic E-state index is -2.82. The molecule has 1 aromatic rings. The van der Waals surface area contributed by atoms with E-state index in [1.165, 1.54) is 0 Å². The van der Waals surface area contributed by atoms with E-state index in [9.17, 15) is 8.42 Å². The van der Waals surface area contributed by atoms with E-state index in [-0.39, 0.29) is 11.8 Å². The predicted octanol–water partition coefficient (Wildman–Crippen LogP) is 0.420. The van der Waals surface area contributed by atoms with Gasteiger partial charge in [-0.1, -0.05) is 6.07 Å². The van der Waals surface area contributed by atoms with Crippen molar-refractivity contribution in [1.29, 1.82) is 0 Å². The molecule has 0 amide bonds. The molecule has 19 heavy (non-hydrogen) atoms. The van der Waals surface area contributed by atoms with Crippen molar-refractivity contribution in [3.8, 4) is 0 Å². The molecule has 106 valence electrons. The highest BCUT2D eigenvalue weighted by Crippen LogP contribution is 2.18. The van der Waals surface area contributed by atoms with E-state index >= 15 is 0 Å². The van der Waals surface area contributed by atoms with Crippen molar-refractivity contribution in [1.82, 2.24) is 15.2 Å². The monoisotopic (exact) mass is 283 g/mol. The SMILES string of the molecule is CNCc1ccc(CN(C)C2CCS(=O)(=O)C2)nc1. The van der Waals surface area contributed by atoms with Gasteiger partial charge in [-0.2, -0.15) is 0 Å². The molecule has 6 heteroatoms. The smallest absolute Gasteiger partial charge is 0.151 e. The van der Waals surface area contributed by atoms with Crippen molar-refractivity contribution < 1.29 is 8.42 Å². The summed E-state index contributed by atoms with van der Waals surface area (Å²) in [6, 6.07) is 4.19. The highest BCUT2D eigenvalue weighted by Gasteiger charge is 2.30. The molecule has 0 spiro atoms. The van der Waals surface area contributed by atoms with Crippen LogP contribution in [0.2, 0.25) is 0 Å². The molecule has 0 saturated carbocycles. The largest absolute Gasteiger partial charge is 0.316 e. The maximum absolute atomic E-state index is 11.5. The van der Waals surface area contributed by atoms with Gasteiger partial charge in [-0.3, -0.25) is 9.88 Å². The molecule has 1 aliphatic rings. The first-order chi connectivity index (χ1) is 9.00. The van der Waals surface area contributed by atoms with E-state index in [1.807, 2.05) is 26.4 Å². The lowest BCUT2D eigenvalue weighted by atomic mass is 10.2. The summed E-state index contributed by atoms with van der Waals surface area (Å²) in [7, 11) is 1.05. The van der Waals surface area contributed by atoms with Crippen molar-refractivity contribution in [2.75, 3.05) is 25.6 Å². The highest BCUT2D eigenvalue weighted by atomic mass is 32.2. The van der Waals surface area contributed by atoms with Crippen LogP contribution in [0.5, 0.6) is 0 Å². The molecule has 1 N–H and O–H groups in total. The number of pyridine rings is 1. The molecule has 1 atom stereocenters. The molecule has 2 heterocycles. The molecule has 1 aliphatic heterocycles. The minimum absolute atomic E-state index is 0.129. The van der Waals surface area contributed by atoms with Gasteiger partial charge in [-0.25, -0.2) is 8.42 Å². The van der Waals surface area contributed by atoms with Crippen LogP contribution in [0.15, 0.2) is 18.3 Å². The fraction of sp³-hybridized carbons (Fsp3) is 0.615. The van der Waals surface area contributed by atoms with Crippen LogP contribution in [0.1, 0.15) is 17.7 Å². The number of rotatable bonds is 5. The quantitative estimate of drug-likeness (QED) is 0.848. The van der Waals surface area contributed by atoms with Gasteiger partial charge in [-0.15, -0.1) is 0 Å². The van der Waals surface area contributed by atoms with Crippen LogP contribution in [-0.4, -0.2) is 49.9 Å². The standard InChI is InChI=1S/C13H21N3O2S/c1-14-7-11-3-4-12(15-8-11)9-16(2)13-5-6-19(17,18)10-13/h3-4,8,13-14H,5-7,9-10H2,1-2H3. The van der Waals surface area contributed by atoms with Crippen LogP contribution in [0.3, 0.4) is 0 Å². The van der Waals surface area contributed by atoms with E-state index in [4.69, 9.17) is 0 Å². The lowest BCUT2D eigenvalue weighted by Gasteiger charge is -2.22. The molecule has 0 bridgehead atoms. The fourth-order valence-corrected chi connectivity index (χ4v) is 4.17. The number of hydrogen-bond donors (Lipinski definition) is 1. The average molecular weight is 283 g/mol. The maximum atomic E-state index is 11.5. The molecule has 1 saturated heterocycles. The van der Waals surface area contributed by atoms with E-state index < -0.39 is 9.84 Å². The summed E-state index contributed by atoms with van der Waals surface area (Å²) in [5.41, 5.74) is 2.13. The zero-order valence-electron chi connectivity index (χ0n) is 11.5. The molecule has 0 aliphatic carbocycles. The first-order valence-corrected chi connectivity index (χ1v) is 8.31. The lowest BCUT2D eigenvalue weighted by molar-refractivity contribution is 0.251. The molecule has 1 unspecified atom stereocenters. The third-order valence-corrected chi connectivity index (χ3v) is 5.26. The molecule has 1 aromatic heterocycles. The molecule has 5 nitrogen and oxygen atoms in total. The van der Waals surface area contributed by atoms with Crippen LogP contribution in [0, 0.1) is 0 Å². The summed E-state index contributed by atoms with van der Waals surface area (Å²) in [6.45, 7) is 1.50. The van der Waals surface area contributed by atoms with Crippen LogP contribution >= 0.6 is 0 Å². The van der Waals surface area contributed by atoms with Crippen LogP contribution < -0.4 is 5.32 Å². The average Bonchev–Trinajstić information content (AvgIpc) is 2.73.